The fourth-order valence-corrected chi connectivity index (χ4v) is 2.06. The van der Waals surface area contributed by atoms with E-state index in [1.165, 1.54) is 5.56 Å². The Morgan fingerprint density at radius 3 is 2.30 bits per heavy atom. The molecule has 114 valence electrons. The van der Waals surface area contributed by atoms with E-state index < -0.39 is 0 Å². The molecule has 1 aromatic carbocycles. The number of hydrogen-bond donors (Lipinski definition) is 1. The molecule has 20 heavy (non-hydrogen) atoms. The molecule has 1 rings (SSSR count). The summed E-state index contributed by atoms with van der Waals surface area (Å²) in [5.74, 6) is 0.981. The van der Waals surface area contributed by atoms with Crippen molar-refractivity contribution in [3.05, 3.63) is 28.2 Å². The standard InChI is InChI=1S/C17H28BrNO/c1-16(2,3)9-10-20-15-8-7-14(18)11-13(15)12-19-17(4,5)6/h7-8,11,19H,9-10,12H2,1-6H3. The number of ether oxygens (including phenoxy) is 1. The van der Waals surface area contributed by atoms with Crippen LogP contribution in [0.3, 0.4) is 0 Å². The lowest BCUT2D eigenvalue weighted by molar-refractivity contribution is 0.240. The summed E-state index contributed by atoms with van der Waals surface area (Å²) in [5, 5.41) is 3.51. The van der Waals surface area contributed by atoms with Gasteiger partial charge in [-0.05, 0) is 50.8 Å². The maximum absolute atomic E-state index is 5.97. The molecular weight excluding hydrogens is 314 g/mol. The first-order valence-electron chi connectivity index (χ1n) is 7.23. The smallest absolute Gasteiger partial charge is 0.123 e. The maximum Gasteiger partial charge on any atom is 0.123 e. The second-order valence-corrected chi connectivity index (χ2v) is 8.43. The SMILES string of the molecule is CC(C)(C)CCOc1ccc(Br)cc1CNC(C)(C)C. The van der Waals surface area contributed by atoms with Crippen LogP contribution in [-0.4, -0.2) is 12.1 Å². The van der Waals surface area contributed by atoms with E-state index >= 15 is 0 Å². The Balaban J connectivity index is 2.70. The van der Waals surface area contributed by atoms with Gasteiger partial charge in [-0.3, -0.25) is 0 Å². The van der Waals surface area contributed by atoms with Gasteiger partial charge < -0.3 is 10.1 Å². The fraction of sp³-hybridized carbons (Fsp3) is 0.647. The Morgan fingerprint density at radius 1 is 1.10 bits per heavy atom. The van der Waals surface area contributed by atoms with E-state index in [4.69, 9.17) is 4.74 Å². The van der Waals surface area contributed by atoms with E-state index in [1.54, 1.807) is 0 Å². The molecule has 0 amide bonds. The van der Waals surface area contributed by atoms with E-state index in [1.807, 2.05) is 12.1 Å². The van der Waals surface area contributed by atoms with Crippen molar-refractivity contribution in [1.29, 1.82) is 0 Å². The van der Waals surface area contributed by atoms with Gasteiger partial charge in [0, 0.05) is 22.1 Å². The van der Waals surface area contributed by atoms with E-state index in [9.17, 15) is 0 Å². The monoisotopic (exact) mass is 341 g/mol. The van der Waals surface area contributed by atoms with Gasteiger partial charge >= 0.3 is 0 Å². The van der Waals surface area contributed by atoms with Crippen LogP contribution < -0.4 is 10.1 Å². The van der Waals surface area contributed by atoms with Crippen LogP contribution in [-0.2, 0) is 6.54 Å². The van der Waals surface area contributed by atoms with Crippen molar-refractivity contribution < 1.29 is 4.74 Å². The summed E-state index contributed by atoms with van der Waals surface area (Å²) in [6.45, 7) is 14.8. The molecule has 0 spiro atoms. The number of hydrogen-bond acceptors (Lipinski definition) is 2. The highest BCUT2D eigenvalue weighted by molar-refractivity contribution is 9.10. The zero-order valence-corrected chi connectivity index (χ0v) is 15.2. The number of benzene rings is 1. The quantitative estimate of drug-likeness (QED) is 0.799. The molecule has 3 heteroatoms. The van der Waals surface area contributed by atoms with Gasteiger partial charge in [-0.15, -0.1) is 0 Å². The largest absolute Gasteiger partial charge is 0.493 e. The second-order valence-electron chi connectivity index (χ2n) is 7.51. The van der Waals surface area contributed by atoms with Gasteiger partial charge in [0.15, 0.2) is 0 Å². The molecule has 0 unspecified atom stereocenters. The summed E-state index contributed by atoms with van der Waals surface area (Å²) in [4.78, 5) is 0. The first kappa shape index (κ1) is 17.5. The van der Waals surface area contributed by atoms with E-state index in [0.29, 0.717) is 5.41 Å². The number of rotatable bonds is 5. The van der Waals surface area contributed by atoms with E-state index in [0.717, 1.165) is 29.8 Å². The Morgan fingerprint density at radius 2 is 1.75 bits per heavy atom. The molecule has 0 aliphatic heterocycles. The predicted molar refractivity (Wildman–Crippen MR) is 90.3 cm³/mol. The first-order valence-corrected chi connectivity index (χ1v) is 8.02. The summed E-state index contributed by atoms with van der Waals surface area (Å²) in [7, 11) is 0. The lowest BCUT2D eigenvalue weighted by Gasteiger charge is -2.23. The van der Waals surface area contributed by atoms with Crippen LogP contribution in [0.1, 0.15) is 53.5 Å². The molecule has 0 bridgehead atoms. The van der Waals surface area contributed by atoms with E-state index in [-0.39, 0.29) is 5.54 Å². The van der Waals surface area contributed by atoms with Crippen LogP contribution in [0.2, 0.25) is 0 Å². The zero-order chi connectivity index (χ0) is 15.4. The predicted octanol–water partition coefficient (Wildman–Crippen LogP) is 5.15. The molecule has 2 nitrogen and oxygen atoms in total. The lowest BCUT2D eigenvalue weighted by Crippen LogP contribution is -2.35. The normalized spacial score (nSPS) is 12.6. The third-order valence-electron chi connectivity index (χ3n) is 2.94. The minimum absolute atomic E-state index is 0.102. The van der Waals surface area contributed by atoms with Crippen LogP contribution in [0.5, 0.6) is 5.75 Å². The van der Waals surface area contributed by atoms with Gasteiger partial charge in [-0.1, -0.05) is 36.7 Å². The molecule has 0 fully saturated rings. The molecule has 0 saturated heterocycles. The van der Waals surface area contributed by atoms with Crippen molar-refractivity contribution in [2.24, 2.45) is 5.41 Å². The average Bonchev–Trinajstić information content (AvgIpc) is 2.26. The van der Waals surface area contributed by atoms with Crippen molar-refractivity contribution in [3.63, 3.8) is 0 Å². The van der Waals surface area contributed by atoms with Gasteiger partial charge in [-0.25, -0.2) is 0 Å². The topological polar surface area (TPSA) is 21.3 Å². The van der Waals surface area contributed by atoms with Gasteiger partial charge in [0.25, 0.3) is 0 Å². The summed E-state index contributed by atoms with van der Waals surface area (Å²) >= 11 is 3.53. The zero-order valence-electron chi connectivity index (χ0n) is 13.6. The van der Waals surface area contributed by atoms with Gasteiger partial charge in [0.05, 0.1) is 6.61 Å². The summed E-state index contributed by atoms with van der Waals surface area (Å²) < 4.78 is 7.06. The third-order valence-corrected chi connectivity index (χ3v) is 3.43. The van der Waals surface area contributed by atoms with Crippen LogP contribution in [0.15, 0.2) is 22.7 Å². The highest BCUT2D eigenvalue weighted by Gasteiger charge is 2.13. The van der Waals surface area contributed by atoms with E-state index in [2.05, 4.69) is 68.9 Å². The number of nitrogens with one attached hydrogen (secondary N) is 1. The summed E-state index contributed by atoms with van der Waals surface area (Å²) in [6, 6.07) is 6.21. The Kier molecular flexibility index (Phi) is 6.08. The van der Waals surface area contributed by atoms with Crippen LogP contribution >= 0.6 is 15.9 Å². The van der Waals surface area contributed by atoms with Crippen LogP contribution in [0.4, 0.5) is 0 Å². The van der Waals surface area contributed by atoms with Gasteiger partial charge in [0.2, 0.25) is 0 Å². The molecule has 0 aliphatic carbocycles. The fourth-order valence-electron chi connectivity index (χ4n) is 1.65. The average molecular weight is 342 g/mol. The summed E-state index contributed by atoms with van der Waals surface area (Å²) in [6.07, 6.45) is 1.05. The Labute approximate surface area is 132 Å². The molecule has 0 aromatic heterocycles. The minimum atomic E-state index is 0.102. The van der Waals surface area contributed by atoms with Crippen molar-refractivity contribution in [3.8, 4) is 5.75 Å². The second kappa shape index (κ2) is 6.95. The molecule has 1 N–H and O–H groups in total. The highest BCUT2D eigenvalue weighted by Crippen LogP contribution is 2.25. The van der Waals surface area contributed by atoms with Gasteiger partial charge in [0.1, 0.15) is 5.75 Å². The lowest BCUT2D eigenvalue weighted by atomic mass is 9.93. The summed E-state index contributed by atoms with van der Waals surface area (Å²) in [5.41, 5.74) is 1.60. The van der Waals surface area contributed by atoms with Crippen LogP contribution in [0.25, 0.3) is 0 Å². The minimum Gasteiger partial charge on any atom is -0.493 e. The third kappa shape index (κ3) is 7.30. The molecule has 0 atom stereocenters. The van der Waals surface area contributed by atoms with Crippen LogP contribution in [0, 0.1) is 5.41 Å². The van der Waals surface area contributed by atoms with Crippen molar-refractivity contribution in [1.82, 2.24) is 5.32 Å². The number of halogens is 1. The molecule has 0 saturated carbocycles. The molecule has 1 aromatic rings. The van der Waals surface area contributed by atoms with Crippen molar-refractivity contribution >= 4 is 15.9 Å². The molecule has 0 aliphatic rings. The maximum atomic E-state index is 5.97. The molecule has 0 radical (unpaired) electrons. The first-order chi connectivity index (χ1) is 9.07. The molecule has 0 heterocycles. The highest BCUT2D eigenvalue weighted by atomic mass is 79.9. The molecular formula is C17H28BrNO. The van der Waals surface area contributed by atoms with Crippen molar-refractivity contribution in [2.75, 3.05) is 6.61 Å². The van der Waals surface area contributed by atoms with Crippen molar-refractivity contribution in [2.45, 2.75) is 60.0 Å². The Bertz CT molecular complexity index is 430. The van der Waals surface area contributed by atoms with Gasteiger partial charge in [-0.2, -0.15) is 0 Å². The Hall–Kier alpha value is -0.540.